The molecule has 8 nitrogen and oxygen atoms in total. The van der Waals surface area contributed by atoms with E-state index in [0.29, 0.717) is 23.2 Å². The molecule has 132 valence electrons. The molecule has 3 atom stereocenters. The number of urea groups is 1. The lowest BCUT2D eigenvalue weighted by Gasteiger charge is -2.44. The normalized spacial score (nSPS) is 23.0. The van der Waals surface area contributed by atoms with Gasteiger partial charge in [-0.2, -0.15) is 0 Å². The molecule has 3 amide bonds. The number of carbonyl (C=O) groups is 3. The maximum Gasteiger partial charge on any atom is 0.352 e. The average Bonchev–Trinajstić information content (AvgIpc) is 2.89. The van der Waals surface area contributed by atoms with Crippen LogP contribution >= 0.6 is 0 Å². The van der Waals surface area contributed by atoms with Crippen molar-refractivity contribution in [3.8, 4) is 0 Å². The Morgan fingerprint density at radius 3 is 2.68 bits per heavy atom. The Morgan fingerprint density at radius 2 is 2.08 bits per heavy atom. The molecule has 3 rings (SSSR count). The highest BCUT2D eigenvalue weighted by Gasteiger charge is 2.56. The summed E-state index contributed by atoms with van der Waals surface area (Å²) in [6, 6.07) is 6.07. The number of anilines is 1. The first-order chi connectivity index (χ1) is 11.8. The van der Waals surface area contributed by atoms with Gasteiger partial charge >= 0.3 is 12.0 Å². The summed E-state index contributed by atoms with van der Waals surface area (Å²) in [4.78, 5) is 36.7. The van der Waals surface area contributed by atoms with Crippen LogP contribution in [0.1, 0.15) is 18.9 Å². The fourth-order valence-corrected chi connectivity index (χ4v) is 3.51. The molecule has 2 aliphatic rings. The molecule has 0 aromatic heterocycles. The minimum atomic E-state index is -1.18. The largest absolute Gasteiger partial charge is 0.477 e. The minimum absolute atomic E-state index is 0.0519. The van der Waals surface area contributed by atoms with Gasteiger partial charge in [0.05, 0.1) is 18.1 Å². The molecule has 1 aromatic carbocycles. The summed E-state index contributed by atoms with van der Waals surface area (Å²) in [5.41, 5.74) is 1.61. The zero-order chi connectivity index (χ0) is 18.3. The lowest BCUT2D eigenvalue weighted by molar-refractivity contribution is -0.161. The lowest BCUT2D eigenvalue weighted by Crippen LogP contribution is -2.61. The Balaban J connectivity index is 1.96. The quantitative estimate of drug-likeness (QED) is 0.603. The monoisotopic (exact) mass is 345 g/mol. The Kier molecular flexibility index (Phi) is 4.22. The van der Waals surface area contributed by atoms with Crippen molar-refractivity contribution in [2.45, 2.75) is 25.5 Å². The number of hydrogen-bond acceptors (Lipinski definition) is 4. The van der Waals surface area contributed by atoms with Gasteiger partial charge in [-0.3, -0.25) is 4.79 Å². The molecule has 0 bridgehead atoms. The standard InChI is InChI=1S/C17H19N3O5/c1-8(21)13-12-7-11(14(16(23)24)20(12)15(13)22)9-4-3-5-10(6-9)19-17(25)18-2/h3-6,8,12-13,21H,7H2,1-2H3,(H,23,24)(H2,18,19,25)/t8-,12-,13-/m1/s1. The molecule has 2 aliphatic heterocycles. The topological polar surface area (TPSA) is 119 Å². The van der Waals surface area contributed by atoms with Crippen molar-refractivity contribution in [2.24, 2.45) is 5.92 Å². The number of rotatable bonds is 4. The van der Waals surface area contributed by atoms with Crippen molar-refractivity contribution in [1.82, 2.24) is 10.2 Å². The predicted octanol–water partition coefficient (Wildman–Crippen LogP) is 0.845. The SMILES string of the molecule is CNC(=O)Nc1cccc(C2=C(C(=O)O)N3C(=O)[C@H]([C@@H](C)O)[C@H]3C2)c1. The summed E-state index contributed by atoms with van der Waals surface area (Å²) in [6.07, 6.45) is -0.476. The van der Waals surface area contributed by atoms with Gasteiger partial charge in [-0.15, -0.1) is 0 Å². The second-order valence-electron chi connectivity index (χ2n) is 6.16. The van der Waals surface area contributed by atoms with Gasteiger partial charge in [-0.25, -0.2) is 9.59 Å². The molecule has 8 heteroatoms. The molecule has 1 aromatic rings. The van der Waals surface area contributed by atoms with Crippen LogP contribution in [0, 0.1) is 5.92 Å². The van der Waals surface area contributed by atoms with Crippen LogP contribution in [0.4, 0.5) is 10.5 Å². The van der Waals surface area contributed by atoms with Crippen LogP contribution in [0.2, 0.25) is 0 Å². The predicted molar refractivity (Wildman–Crippen MR) is 89.5 cm³/mol. The van der Waals surface area contributed by atoms with E-state index in [4.69, 9.17) is 0 Å². The molecule has 0 unspecified atom stereocenters. The highest BCUT2D eigenvalue weighted by atomic mass is 16.4. The van der Waals surface area contributed by atoms with E-state index in [-0.39, 0.29) is 23.7 Å². The first-order valence-corrected chi connectivity index (χ1v) is 7.92. The number of carbonyl (C=O) groups excluding carboxylic acids is 2. The number of amides is 3. The molecule has 0 saturated carbocycles. The number of carboxylic acids is 1. The van der Waals surface area contributed by atoms with Crippen LogP contribution in [0.3, 0.4) is 0 Å². The molecule has 0 spiro atoms. The number of fused-ring (bicyclic) bond motifs is 1. The first kappa shape index (κ1) is 17.0. The Morgan fingerprint density at radius 1 is 1.36 bits per heavy atom. The van der Waals surface area contributed by atoms with Crippen LogP contribution in [0.5, 0.6) is 0 Å². The summed E-state index contributed by atoms with van der Waals surface area (Å²) < 4.78 is 0. The van der Waals surface area contributed by atoms with E-state index in [9.17, 15) is 24.6 Å². The Bertz CT molecular complexity index is 786. The first-order valence-electron chi connectivity index (χ1n) is 7.92. The maximum atomic E-state index is 12.2. The second kappa shape index (κ2) is 6.21. The van der Waals surface area contributed by atoms with Crippen molar-refractivity contribution in [3.63, 3.8) is 0 Å². The van der Waals surface area contributed by atoms with E-state index in [2.05, 4.69) is 10.6 Å². The van der Waals surface area contributed by atoms with Crippen LogP contribution < -0.4 is 10.6 Å². The van der Waals surface area contributed by atoms with Crippen LogP contribution in [-0.4, -0.2) is 52.2 Å². The van der Waals surface area contributed by atoms with E-state index < -0.39 is 18.0 Å². The molecule has 4 N–H and O–H groups in total. The second-order valence-corrected chi connectivity index (χ2v) is 6.16. The number of carboxylic acid groups (broad SMARTS) is 1. The summed E-state index contributed by atoms with van der Waals surface area (Å²) in [6.45, 7) is 1.53. The van der Waals surface area contributed by atoms with E-state index in [1.165, 1.54) is 18.9 Å². The van der Waals surface area contributed by atoms with Crippen molar-refractivity contribution in [3.05, 3.63) is 35.5 Å². The van der Waals surface area contributed by atoms with E-state index in [0.717, 1.165) is 0 Å². The number of aliphatic hydroxyl groups excluding tert-OH is 1. The average molecular weight is 345 g/mol. The molecule has 1 fully saturated rings. The van der Waals surface area contributed by atoms with Gasteiger partial charge in [0.25, 0.3) is 0 Å². The number of nitrogens with zero attached hydrogens (tertiary/aromatic N) is 1. The number of hydrogen-bond donors (Lipinski definition) is 4. The lowest BCUT2D eigenvalue weighted by atomic mass is 9.82. The van der Waals surface area contributed by atoms with Gasteiger partial charge in [0.2, 0.25) is 5.91 Å². The van der Waals surface area contributed by atoms with Crippen molar-refractivity contribution in [2.75, 3.05) is 12.4 Å². The molecule has 25 heavy (non-hydrogen) atoms. The van der Waals surface area contributed by atoms with Gasteiger partial charge < -0.3 is 25.7 Å². The van der Waals surface area contributed by atoms with Crippen molar-refractivity contribution in [1.29, 1.82) is 0 Å². The van der Waals surface area contributed by atoms with E-state index in [1.807, 2.05) is 0 Å². The van der Waals surface area contributed by atoms with Gasteiger partial charge in [0.15, 0.2) is 0 Å². The fourth-order valence-electron chi connectivity index (χ4n) is 3.51. The smallest absolute Gasteiger partial charge is 0.352 e. The fraction of sp³-hybridized carbons (Fsp3) is 0.353. The van der Waals surface area contributed by atoms with E-state index in [1.54, 1.807) is 24.3 Å². The van der Waals surface area contributed by atoms with Gasteiger partial charge in [0, 0.05) is 12.7 Å². The van der Waals surface area contributed by atoms with Gasteiger partial charge in [-0.05, 0) is 36.6 Å². The van der Waals surface area contributed by atoms with Crippen LogP contribution in [-0.2, 0) is 9.59 Å². The summed E-state index contributed by atoms with van der Waals surface area (Å²) in [7, 11) is 1.49. The number of benzene rings is 1. The molecular weight excluding hydrogens is 326 g/mol. The molecule has 0 radical (unpaired) electrons. The zero-order valence-electron chi connectivity index (χ0n) is 13.8. The third-order valence-corrected chi connectivity index (χ3v) is 4.63. The number of nitrogens with one attached hydrogen (secondary N) is 2. The Hall–Kier alpha value is -2.87. The molecule has 1 saturated heterocycles. The highest BCUT2D eigenvalue weighted by molar-refractivity contribution is 6.06. The number of aliphatic carboxylic acids is 1. The third-order valence-electron chi connectivity index (χ3n) is 4.63. The zero-order valence-corrected chi connectivity index (χ0v) is 13.8. The van der Waals surface area contributed by atoms with Crippen molar-refractivity contribution >= 4 is 29.2 Å². The number of aliphatic hydroxyl groups is 1. The molecular formula is C17H19N3O5. The van der Waals surface area contributed by atoms with Gasteiger partial charge in [0.1, 0.15) is 5.70 Å². The van der Waals surface area contributed by atoms with E-state index >= 15 is 0 Å². The highest BCUT2D eigenvalue weighted by Crippen LogP contribution is 2.47. The minimum Gasteiger partial charge on any atom is -0.477 e. The van der Waals surface area contributed by atoms with Crippen molar-refractivity contribution < 1.29 is 24.6 Å². The third kappa shape index (κ3) is 2.74. The summed E-state index contributed by atoms with van der Waals surface area (Å²) in [5, 5.41) is 24.4. The maximum absolute atomic E-state index is 12.2. The summed E-state index contributed by atoms with van der Waals surface area (Å²) in [5.74, 6) is -2.13. The van der Waals surface area contributed by atoms with Gasteiger partial charge in [-0.1, -0.05) is 12.1 Å². The number of β-lactam (4-membered cyclic amide) rings is 1. The summed E-state index contributed by atoms with van der Waals surface area (Å²) >= 11 is 0. The van der Waals surface area contributed by atoms with Crippen LogP contribution in [0.15, 0.2) is 30.0 Å². The van der Waals surface area contributed by atoms with Crippen LogP contribution in [0.25, 0.3) is 5.57 Å². The molecule has 0 aliphatic carbocycles. The Labute approximate surface area is 144 Å². The molecule has 2 heterocycles.